The van der Waals surface area contributed by atoms with Crippen LogP contribution in [0.2, 0.25) is 0 Å². The van der Waals surface area contributed by atoms with Crippen LogP contribution in [0.1, 0.15) is 19.3 Å². The van der Waals surface area contributed by atoms with Crippen LogP contribution in [0.5, 0.6) is 5.88 Å². The second-order valence-electron chi connectivity index (χ2n) is 4.36. The minimum atomic E-state index is 0.168. The summed E-state index contributed by atoms with van der Waals surface area (Å²) in [6.45, 7) is 0.669. The van der Waals surface area contributed by atoms with Crippen LogP contribution in [0, 0.1) is 5.92 Å². The topological polar surface area (TPSA) is 89.7 Å². The third kappa shape index (κ3) is 1.84. The van der Waals surface area contributed by atoms with Gasteiger partial charge in [-0.2, -0.15) is 4.98 Å². The predicted molar refractivity (Wildman–Crippen MR) is 62.5 cm³/mol. The van der Waals surface area contributed by atoms with Gasteiger partial charge in [0.1, 0.15) is 17.9 Å². The fourth-order valence-electron chi connectivity index (χ4n) is 2.40. The first-order valence-electron chi connectivity index (χ1n) is 5.89. The lowest BCUT2D eigenvalue weighted by Crippen LogP contribution is -2.28. The number of aromatic amines is 1. The molecule has 6 nitrogen and oxygen atoms in total. The highest BCUT2D eigenvalue weighted by Gasteiger charge is 2.28. The van der Waals surface area contributed by atoms with Gasteiger partial charge in [0.05, 0.1) is 6.33 Å². The first-order valence-corrected chi connectivity index (χ1v) is 5.89. The molecule has 0 aromatic carbocycles. The molecule has 1 aliphatic carbocycles. The minimum absolute atomic E-state index is 0.168. The number of rotatable bonds is 3. The summed E-state index contributed by atoms with van der Waals surface area (Å²) in [5.41, 5.74) is 7.13. The average Bonchev–Trinajstić information content (AvgIpc) is 2.97. The van der Waals surface area contributed by atoms with Crippen molar-refractivity contribution in [1.82, 2.24) is 19.9 Å². The normalized spacial score (nSPS) is 24.3. The maximum Gasteiger partial charge on any atom is 0.243 e. The molecule has 17 heavy (non-hydrogen) atoms. The molecule has 2 atom stereocenters. The van der Waals surface area contributed by atoms with Crippen molar-refractivity contribution in [2.24, 2.45) is 11.7 Å². The Morgan fingerprint density at radius 1 is 1.35 bits per heavy atom. The molecule has 0 amide bonds. The van der Waals surface area contributed by atoms with Crippen LogP contribution < -0.4 is 10.5 Å². The first-order chi connectivity index (χ1) is 8.38. The van der Waals surface area contributed by atoms with Crippen molar-refractivity contribution in [3.05, 3.63) is 12.7 Å². The molecule has 2 heterocycles. The van der Waals surface area contributed by atoms with E-state index in [1.807, 2.05) is 0 Å². The maximum absolute atomic E-state index is 5.95. The summed E-state index contributed by atoms with van der Waals surface area (Å²) in [4.78, 5) is 15.3. The monoisotopic (exact) mass is 233 g/mol. The van der Waals surface area contributed by atoms with Crippen molar-refractivity contribution in [3.8, 4) is 5.88 Å². The highest BCUT2D eigenvalue weighted by molar-refractivity contribution is 5.74. The second kappa shape index (κ2) is 4.29. The highest BCUT2D eigenvalue weighted by atomic mass is 16.5. The van der Waals surface area contributed by atoms with Gasteiger partial charge in [0, 0.05) is 5.92 Å². The van der Waals surface area contributed by atoms with Crippen LogP contribution in [0.15, 0.2) is 12.7 Å². The Bertz CT molecular complexity index is 511. The smallest absolute Gasteiger partial charge is 0.243 e. The summed E-state index contributed by atoms with van der Waals surface area (Å²) in [5, 5.41) is 0. The molecular formula is C11H15N5O. The Balaban J connectivity index is 1.87. The van der Waals surface area contributed by atoms with E-state index in [1.54, 1.807) is 6.33 Å². The Kier molecular flexibility index (Phi) is 2.64. The Labute approximate surface area is 98.6 Å². The first kappa shape index (κ1) is 10.5. The van der Waals surface area contributed by atoms with Crippen molar-refractivity contribution in [2.45, 2.75) is 25.4 Å². The molecule has 0 spiro atoms. The molecular weight excluding hydrogens is 218 g/mol. The number of hydrogen-bond donors (Lipinski definition) is 2. The van der Waals surface area contributed by atoms with Gasteiger partial charge in [-0.05, 0) is 25.8 Å². The van der Waals surface area contributed by atoms with E-state index in [0.29, 0.717) is 24.0 Å². The van der Waals surface area contributed by atoms with E-state index in [2.05, 4.69) is 19.9 Å². The summed E-state index contributed by atoms with van der Waals surface area (Å²) in [6, 6.07) is 0. The summed E-state index contributed by atoms with van der Waals surface area (Å²) in [6.07, 6.45) is 6.59. The molecule has 2 unspecified atom stereocenters. The van der Waals surface area contributed by atoms with Gasteiger partial charge >= 0.3 is 0 Å². The maximum atomic E-state index is 5.95. The van der Waals surface area contributed by atoms with Crippen LogP contribution in [0.25, 0.3) is 11.2 Å². The zero-order valence-corrected chi connectivity index (χ0v) is 9.47. The van der Waals surface area contributed by atoms with Gasteiger partial charge in [-0.1, -0.05) is 0 Å². The van der Waals surface area contributed by atoms with E-state index in [-0.39, 0.29) is 6.10 Å². The number of H-pyrrole nitrogens is 1. The van der Waals surface area contributed by atoms with E-state index < -0.39 is 0 Å². The lowest BCUT2D eigenvalue weighted by atomic mass is 10.1. The van der Waals surface area contributed by atoms with E-state index in [9.17, 15) is 0 Å². The Hall–Kier alpha value is -1.69. The van der Waals surface area contributed by atoms with Gasteiger partial charge in [0.2, 0.25) is 5.88 Å². The molecule has 0 radical (unpaired) electrons. The number of nitrogens with zero attached hydrogens (tertiary/aromatic N) is 3. The summed E-state index contributed by atoms with van der Waals surface area (Å²) < 4.78 is 5.95. The Morgan fingerprint density at radius 2 is 2.29 bits per heavy atom. The van der Waals surface area contributed by atoms with E-state index in [0.717, 1.165) is 18.4 Å². The molecule has 6 heteroatoms. The molecule has 2 aromatic heterocycles. The van der Waals surface area contributed by atoms with Crippen molar-refractivity contribution in [1.29, 1.82) is 0 Å². The average molecular weight is 233 g/mol. The van der Waals surface area contributed by atoms with Crippen LogP contribution in [-0.4, -0.2) is 32.6 Å². The molecule has 3 rings (SSSR count). The zero-order valence-electron chi connectivity index (χ0n) is 9.47. The number of ether oxygens (including phenoxy) is 1. The van der Waals surface area contributed by atoms with Gasteiger partial charge in [-0.25, -0.2) is 9.97 Å². The molecule has 3 N–H and O–H groups in total. The van der Waals surface area contributed by atoms with Crippen LogP contribution in [0.4, 0.5) is 0 Å². The predicted octanol–water partition coefficient (Wildman–Crippen LogP) is 0.859. The molecule has 0 aliphatic heterocycles. The number of nitrogens with one attached hydrogen (secondary N) is 1. The highest BCUT2D eigenvalue weighted by Crippen LogP contribution is 2.29. The van der Waals surface area contributed by atoms with E-state index in [4.69, 9.17) is 10.5 Å². The largest absolute Gasteiger partial charge is 0.472 e. The SMILES string of the molecule is NCC1CCCC1Oc1ncnc2nc[nH]c12. The fraction of sp³-hybridized carbons (Fsp3) is 0.545. The molecule has 1 saturated carbocycles. The van der Waals surface area contributed by atoms with Gasteiger partial charge in [0.15, 0.2) is 5.65 Å². The molecule has 1 fully saturated rings. The lowest BCUT2D eigenvalue weighted by Gasteiger charge is -2.18. The number of fused-ring (bicyclic) bond motifs is 1. The minimum Gasteiger partial charge on any atom is -0.472 e. The molecule has 2 aromatic rings. The number of hydrogen-bond acceptors (Lipinski definition) is 5. The summed E-state index contributed by atoms with van der Waals surface area (Å²) in [7, 11) is 0. The molecule has 0 bridgehead atoms. The quantitative estimate of drug-likeness (QED) is 0.820. The van der Waals surface area contributed by atoms with Crippen LogP contribution >= 0.6 is 0 Å². The molecule has 1 aliphatic rings. The van der Waals surface area contributed by atoms with Gasteiger partial charge in [-0.15, -0.1) is 0 Å². The van der Waals surface area contributed by atoms with Crippen molar-refractivity contribution < 1.29 is 4.74 Å². The third-order valence-electron chi connectivity index (χ3n) is 3.34. The standard InChI is InChI=1S/C11H15N5O/c12-4-7-2-1-3-8(7)17-11-9-10(14-5-13-9)15-6-16-11/h5-8H,1-4,12H2,(H,13,14,15,16). The fourth-order valence-corrected chi connectivity index (χ4v) is 2.40. The second-order valence-corrected chi connectivity index (χ2v) is 4.36. The van der Waals surface area contributed by atoms with E-state index in [1.165, 1.54) is 12.7 Å². The number of nitrogens with two attached hydrogens (primary N) is 1. The van der Waals surface area contributed by atoms with Crippen LogP contribution in [-0.2, 0) is 0 Å². The van der Waals surface area contributed by atoms with Crippen molar-refractivity contribution >= 4 is 11.2 Å². The van der Waals surface area contributed by atoms with Crippen molar-refractivity contribution in [2.75, 3.05) is 6.54 Å². The molecule has 90 valence electrons. The lowest BCUT2D eigenvalue weighted by molar-refractivity contribution is 0.157. The Morgan fingerprint density at radius 3 is 3.18 bits per heavy atom. The number of aromatic nitrogens is 4. The van der Waals surface area contributed by atoms with E-state index >= 15 is 0 Å². The summed E-state index contributed by atoms with van der Waals surface area (Å²) >= 11 is 0. The van der Waals surface area contributed by atoms with Gasteiger partial charge in [-0.3, -0.25) is 0 Å². The van der Waals surface area contributed by atoms with Crippen molar-refractivity contribution in [3.63, 3.8) is 0 Å². The summed E-state index contributed by atoms with van der Waals surface area (Å²) in [5.74, 6) is 1.01. The zero-order chi connectivity index (χ0) is 11.7. The third-order valence-corrected chi connectivity index (χ3v) is 3.34. The number of imidazole rings is 1. The van der Waals surface area contributed by atoms with Gasteiger partial charge in [0.25, 0.3) is 0 Å². The van der Waals surface area contributed by atoms with Gasteiger partial charge < -0.3 is 15.5 Å². The van der Waals surface area contributed by atoms with Crippen LogP contribution in [0.3, 0.4) is 0 Å². The molecule has 0 saturated heterocycles.